The van der Waals surface area contributed by atoms with Crippen molar-refractivity contribution in [2.45, 2.75) is 0 Å². The lowest BCUT2D eigenvalue weighted by Crippen LogP contribution is -1.85. The quantitative estimate of drug-likeness (QED) is 0.399. The SMILES string of the molecule is C=Cn1c2ccccc2c2c(O)c(O)c(O)c(O)c21. The highest BCUT2D eigenvalue weighted by atomic mass is 16.3. The summed E-state index contributed by atoms with van der Waals surface area (Å²) in [6, 6.07) is 7.10. The second-order valence-corrected chi connectivity index (χ2v) is 4.19. The van der Waals surface area contributed by atoms with Crippen LogP contribution in [-0.2, 0) is 0 Å². The van der Waals surface area contributed by atoms with Crippen LogP contribution in [0.4, 0.5) is 0 Å². The van der Waals surface area contributed by atoms with Crippen LogP contribution in [0.2, 0.25) is 0 Å². The summed E-state index contributed by atoms with van der Waals surface area (Å²) >= 11 is 0. The van der Waals surface area contributed by atoms with E-state index in [4.69, 9.17) is 0 Å². The Morgan fingerprint density at radius 2 is 1.53 bits per heavy atom. The van der Waals surface area contributed by atoms with Crippen LogP contribution in [0.15, 0.2) is 30.8 Å². The Bertz CT molecular complexity index is 833. The zero-order chi connectivity index (χ0) is 13.7. The van der Waals surface area contributed by atoms with Gasteiger partial charge in [0, 0.05) is 11.6 Å². The molecule has 0 fully saturated rings. The lowest BCUT2D eigenvalue weighted by molar-refractivity contribution is 0.350. The van der Waals surface area contributed by atoms with Gasteiger partial charge in [0.15, 0.2) is 11.5 Å². The van der Waals surface area contributed by atoms with Crippen LogP contribution in [0, 0.1) is 0 Å². The Balaban J connectivity index is 2.75. The van der Waals surface area contributed by atoms with Gasteiger partial charge in [-0.25, -0.2) is 0 Å². The second kappa shape index (κ2) is 3.58. The number of aromatic hydroxyl groups is 4. The second-order valence-electron chi connectivity index (χ2n) is 4.19. The molecule has 3 aromatic rings. The fraction of sp³-hybridized carbons (Fsp3) is 0. The molecule has 0 atom stereocenters. The number of phenolic OH excluding ortho intramolecular Hbond substituents is 4. The predicted molar refractivity (Wildman–Crippen MR) is 72.5 cm³/mol. The summed E-state index contributed by atoms with van der Waals surface area (Å²) in [7, 11) is 0. The Hall–Kier alpha value is -2.82. The van der Waals surface area contributed by atoms with Gasteiger partial charge in [-0.3, -0.25) is 0 Å². The lowest BCUT2D eigenvalue weighted by Gasteiger charge is -2.07. The number of phenols is 4. The van der Waals surface area contributed by atoms with Crippen LogP contribution in [0.25, 0.3) is 28.0 Å². The number of aromatic nitrogens is 1. The fourth-order valence-electron chi connectivity index (χ4n) is 2.38. The van der Waals surface area contributed by atoms with Crippen LogP contribution in [-0.4, -0.2) is 25.0 Å². The average Bonchev–Trinajstić information content (AvgIpc) is 2.77. The van der Waals surface area contributed by atoms with Crippen molar-refractivity contribution in [3.8, 4) is 23.0 Å². The minimum absolute atomic E-state index is 0.198. The molecule has 96 valence electrons. The van der Waals surface area contributed by atoms with Gasteiger partial charge in [0.05, 0.1) is 10.9 Å². The van der Waals surface area contributed by atoms with Gasteiger partial charge in [0.25, 0.3) is 0 Å². The number of nitrogens with zero attached hydrogens (tertiary/aromatic N) is 1. The molecule has 0 amide bonds. The van der Waals surface area contributed by atoms with Crippen molar-refractivity contribution in [2.75, 3.05) is 0 Å². The molecule has 1 heterocycles. The Morgan fingerprint density at radius 1 is 0.895 bits per heavy atom. The third kappa shape index (κ3) is 1.24. The van der Waals surface area contributed by atoms with E-state index in [0.29, 0.717) is 10.9 Å². The van der Waals surface area contributed by atoms with E-state index >= 15 is 0 Å². The third-order valence-electron chi connectivity index (χ3n) is 3.23. The standard InChI is InChI=1S/C14H11NO4/c1-2-15-8-6-4-3-5-7(8)9-10(15)12(17)14(19)13(18)11(9)16/h2-6,16-19H,1H2. The monoisotopic (exact) mass is 257 g/mol. The molecule has 2 aromatic carbocycles. The number of fused-ring (bicyclic) bond motifs is 3. The van der Waals surface area contributed by atoms with Crippen molar-refractivity contribution in [2.24, 2.45) is 0 Å². The van der Waals surface area contributed by atoms with Crippen molar-refractivity contribution in [1.82, 2.24) is 4.57 Å². The van der Waals surface area contributed by atoms with Gasteiger partial charge in [-0.1, -0.05) is 24.8 Å². The molecule has 0 spiro atoms. The summed E-state index contributed by atoms with van der Waals surface area (Å²) in [4.78, 5) is 0. The zero-order valence-electron chi connectivity index (χ0n) is 9.83. The first-order valence-corrected chi connectivity index (χ1v) is 5.59. The summed E-state index contributed by atoms with van der Waals surface area (Å²) in [5.74, 6) is -2.46. The molecular weight excluding hydrogens is 246 g/mol. The number of benzene rings is 2. The zero-order valence-corrected chi connectivity index (χ0v) is 9.83. The van der Waals surface area contributed by atoms with Gasteiger partial charge < -0.3 is 25.0 Å². The molecule has 0 saturated heterocycles. The highest BCUT2D eigenvalue weighted by Crippen LogP contribution is 2.51. The molecule has 0 saturated carbocycles. The number of hydrogen-bond donors (Lipinski definition) is 4. The van der Waals surface area contributed by atoms with Gasteiger partial charge >= 0.3 is 0 Å². The molecule has 0 aliphatic rings. The summed E-state index contributed by atoms with van der Waals surface area (Å²) in [6.45, 7) is 3.65. The van der Waals surface area contributed by atoms with Crippen molar-refractivity contribution in [3.05, 3.63) is 30.8 Å². The first-order valence-electron chi connectivity index (χ1n) is 5.59. The fourth-order valence-corrected chi connectivity index (χ4v) is 2.38. The molecule has 0 aliphatic carbocycles. The van der Waals surface area contributed by atoms with Gasteiger partial charge in [-0.15, -0.1) is 0 Å². The van der Waals surface area contributed by atoms with E-state index in [1.54, 1.807) is 28.8 Å². The molecule has 4 N–H and O–H groups in total. The first-order chi connectivity index (χ1) is 9.07. The van der Waals surface area contributed by atoms with Gasteiger partial charge in [-0.05, 0) is 6.07 Å². The van der Waals surface area contributed by atoms with Gasteiger partial charge in [0.2, 0.25) is 11.5 Å². The summed E-state index contributed by atoms with van der Waals surface area (Å²) in [6.07, 6.45) is 1.46. The maximum absolute atomic E-state index is 10.0. The molecule has 19 heavy (non-hydrogen) atoms. The third-order valence-corrected chi connectivity index (χ3v) is 3.23. The summed E-state index contributed by atoms with van der Waals surface area (Å²) in [5.41, 5.74) is 0.895. The highest BCUT2D eigenvalue weighted by Gasteiger charge is 2.23. The van der Waals surface area contributed by atoms with E-state index in [9.17, 15) is 20.4 Å². The maximum atomic E-state index is 10.0. The minimum Gasteiger partial charge on any atom is -0.504 e. The molecule has 5 nitrogen and oxygen atoms in total. The summed E-state index contributed by atoms with van der Waals surface area (Å²) in [5, 5.41) is 40.1. The van der Waals surface area contributed by atoms with E-state index in [1.807, 2.05) is 0 Å². The number of rotatable bonds is 1. The molecular formula is C14H11NO4. The van der Waals surface area contributed by atoms with Crippen LogP contribution < -0.4 is 0 Å². The lowest BCUT2D eigenvalue weighted by atomic mass is 10.1. The number of hydrogen-bond acceptors (Lipinski definition) is 4. The summed E-state index contributed by atoms with van der Waals surface area (Å²) < 4.78 is 1.54. The molecule has 1 aromatic heterocycles. The van der Waals surface area contributed by atoms with Crippen molar-refractivity contribution >= 4 is 28.0 Å². The van der Waals surface area contributed by atoms with Crippen LogP contribution in [0.3, 0.4) is 0 Å². The van der Waals surface area contributed by atoms with Crippen LogP contribution in [0.5, 0.6) is 23.0 Å². The van der Waals surface area contributed by atoms with E-state index in [0.717, 1.165) is 0 Å². The average molecular weight is 257 g/mol. The van der Waals surface area contributed by atoms with E-state index in [-0.39, 0.29) is 10.9 Å². The first kappa shape index (κ1) is 11.3. The Morgan fingerprint density at radius 3 is 2.21 bits per heavy atom. The molecule has 0 radical (unpaired) electrons. The van der Waals surface area contributed by atoms with E-state index in [1.165, 1.54) is 6.20 Å². The minimum atomic E-state index is -0.754. The van der Waals surface area contributed by atoms with Gasteiger partial charge in [-0.2, -0.15) is 0 Å². The molecule has 5 heteroatoms. The van der Waals surface area contributed by atoms with Crippen molar-refractivity contribution in [3.63, 3.8) is 0 Å². The largest absolute Gasteiger partial charge is 0.504 e. The topological polar surface area (TPSA) is 85.9 Å². The van der Waals surface area contributed by atoms with E-state index < -0.39 is 23.0 Å². The smallest absolute Gasteiger partial charge is 0.206 e. The Kier molecular flexibility index (Phi) is 2.13. The number of para-hydroxylation sites is 1. The van der Waals surface area contributed by atoms with Crippen LogP contribution >= 0.6 is 0 Å². The Labute approximate surface area is 107 Å². The molecule has 3 rings (SSSR count). The maximum Gasteiger partial charge on any atom is 0.206 e. The highest BCUT2D eigenvalue weighted by molar-refractivity contribution is 6.15. The van der Waals surface area contributed by atoms with Gasteiger partial charge in [0.1, 0.15) is 5.52 Å². The van der Waals surface area contributed by atoms with Crippen molar-refractivity contribution in [1.29, 1.82) is 0 Å². The molecule has 0 aliphatic heterocycles. The van der Waals surface area contributed by atoms with Crippen LogP contribution in [0.1, 0.15) is 0 Å². The predicted octanol–water partition coefficient (Wildman–Crippen LogP) is 2.72. The normalized spacial score (nSPS) is 11.2. The van der Waals surface area contributed by atoms with Crippen molar-refractivity contribution < 1.29 is 20.4 Å². The van der Waals surface area contributed by atoms with E-state index in [2.05, 4.69) is 6.58 Å². The molecule has 0 unspecified atom stereocenters. The molecule has 0 bridgehead atoms.